The van der Waals surface area contributed by atoms with Crippen LogP contribution in [0.4, 0.5) is 0 Å². The van der Waals surface area contributed by atoms with Crippen molar-refractivity contribution >= 4 is 29.1 Å². The summed E-state index contributed by atoms with van der Waals surface area (Å²) in [5, 5.41) is 4.35. The molecule has 1 saturated carbocycles. The average Bonchev–Trinajstić information content (AvgIpc) is 2.86. The van der Waals surface area contributed by atoms with E-state index in [2.05, 4.69) is 50.0 Å². The van der Waals surface area contributed by atoms with Crippen LogP contribution in [-0.4, -0.2) is 49.7 Å². The smallest absolute Gasteiger partial charge is 0.224 e. The third kappa shape index (κ3) is 6.35. The van der Waals surface area contributed by atoms with Crippen molar-refractivity contribution in [1.82, 2.24) is 5.32 Å². The first-order chi connectivity index (χ1) is 17.7. The Morgan fingerprint density at radius 1 is 1.22 bits per heavy atom. The standard InChI is InChI=1S/C31H40Cl2N2O2/c1-5-14-35(20-22(2)3)15-13-31(24-7-6-8-27(18-24)37-4)19-26(11-10-25(31)21-35)34-30(36)17-23-9-12-28(32)29(33)16-23/h5-9,12,16,18,22,25-26H,1,10-11,13-15,17,19-21H2,2-4H3/p+1/t25?,26-,31-,35+/m1/s1. The van der Waals surface area contributed by atoms with Crippen LogP contribution in [-0.2, 0) is 16.6 Å². The Balaban J connectivity index is 1.57. The second-order valence-corrected chi connectivity index (χ2v) is 12.4. The van der Waals surface area contributed by atoms with Gasteiger partial charge in [0.15, 0.2) is 0 Å². The van der Waals surface area contributed by atoms with Gasteiger partial charge in [0.2, 0.25) is 5.91 Å². The van der Waals surface area contributed by atoms with E-state index in [9.17, 15) is 4.79 Å². The van der Waals surface area contributed by atoms with Crippen LogP contribution in [0.15, 0.2) is 55.1 Å². The Labute approximate surface area is 232 Å². The van der Waals surface area contributed by atoms with Gasteiger partial charge in [0.1, 0.15) is 5.75 Å². The zero-order valence-corrected chi connectivity index (χ0v) is 24.0. The molecule has 1 N–H and O–H groups in total. The number of nitrogens with zero attached hydrogens (tertiary/aromatic N) is 1. The number of piperidine rings is 1. The van der Waals surface area contributed by atoms with Gasteiger partial charge in [-0.3, -0.25) is 4.79 Å². The molecule has 1 amide bonds. The van der Waals surface area contributed by atoms with Crippen molar-refractivity contribution in [2.75, 3.05) is 33.3 Å². The van der Waals surface area contributed by atoms with Gasteiger partial charge in [-0.25, -0.2) is 0 Å². The molecule has 2 aliphatic rings. The van der Waals surface area contributed by atoms with Gasteiger partial charge in [-0.15, -0.1) is 0 Å². The van der Waals surface area contributed by atoms with E-state index in [1.54, 1.807) is 19.2 Å². The molecule has 1 aliphatic heterocycles. The minimum atomic E-state index is 0.0220. The number of halogens is 2. The summed E-state index contributed by atoms with van der Waals surface area (Å²) >= 11 is 12.2. The van der Waals surface area contributed by atoms with Crippen LogP contribution < -0.4 is 10.1 Å². The molecular weight excluding hydrogens is 503 g/mol. The molecule has 1 unspecified atom stereocenters. The fourth-order valence-electron chi connectivity index (χ4n) is 7.08. The molecule has 37 heavy (non-hydrogen) atoms. The second kappa shape index (κ2) is 11.8. The van der Waals surface area contributed by atoms with Gasteiger partial charge in [-0.2, -0.15) is 0 Å². The molecule has 1 heterocycles. The Morgan fingerprint density at radius 3 is 2.73 bits per heavy atom. The topological polar surface area (TPSA) is 38.3 Å². The molecule has 200 valence electrons. The van der Waals surface area contributed by atoms with Crippen molar-refractivity contribution < 1.29 is 14.0 Å². The number of rotatable bonds is 9. The normalized spacial score (nSPS) is 27.4. The number of amides is 1. The van der Waals surface area contributed by atoms with Crippen molar-refractivity contribution in [2.45, 2.75) is 57.4 Å². The molecule has 4 atom stereocenters. The molecule has 1 saturated heterocycles. The maximum atomic E-state index is 13.1. The molecule has 0 radical (unpaired) electrons. The van der Waals surface area contributed by atoms with Crippen LogP contribution in [0.3, 0.4) is 0 Å². The van der Waals surface area contributed by atoms with E-state index in [1.165, 1.54) is 12.1 Å². The van der Waals surface area contributed by atoms with Gasteiger partial charge < -0.3 is 14.5 Å². The molecule has 4 nitrogen and oxygen atoms in total. The highest BCUT2D eigenvalue weighted by Gasteiger charge is 2.53. The minimum Gasteiger partial charge on any atom is -0.497 e. The molecule has 1 aliphatic carbocycles. The van der Waals surface area contributed by atoms with E-state index < -0.39 is 0 Å². The number of nitrogens with one attached hydrogen (secondary N) is 1. The maximum absolute atomic E-state index is 13.1. The van der Waals surface area contributed by atoms with Crippen LogP contribution in [0.2, 0.25) is 10.0 Å². The molecule has 4 rings (SSSR count). The predicted octanol–water partition coefficient (Wildman–Crippen LogP) is 6.83. The van der Waals surface area contributed by atoms with Crippen LogP contribution in [0.25, 0.3) is 0 Å². The molecular formula is C31H41Cl2N2O2+. The molecule has 0 spiro atoms. The van der Waals surface area contributed by atoms with Gasteiger partial charge in [0, 0.05) is 29.7 Å². The quantitative estimate of drug-likeness (QED) is 0.278. The fraction of sp³-hybridized carbons (Fsp3) is 0.516. The predicted molar refractivity (Wildman–Crippen MR) is 153 cm³/mol. The number of methoxy groups -OCH3 is 1. The van der Waals surface area contributed by atoms with Crippen LogP contribution in [0, 0.1) is 11.8 Å². The number of carbonyl (C=O) groups is 1. The number of quaternary nitrogens is 1. The van der Waals surface area contributed by atoms with Gasteiger partial charge in [0.05, 0.1) is 49.8 Å². The summed E-state index contributed by atoms with van der Waals surface area (Å²) in [6, 6.07) is 14.2. The number of ether oxygens (including phenoxy) is 1. The Kier molecular flexibility index (Phi) is 8.93. The zero-order valence-electron chi connectivity index (χ0n) is 22.4. The highest BCUT2D eigenvalue weighted by atomic mass is 35.5. The molecule has 0 bridgehead atoms. The number of likely N-dealkylation sites (tertiary alicyclic amines) is 1. The lowest BCUT2D eigenvalue weighted by molar-refractivity contribution is -0.935. The molecule has 2 fully saturated rings. The summed E-state index contributed by atoms with van der Waals surface area (Å²) in [5.41, 5.74) is 2.25. The highest BCUT2D eigenvalue weighted by molar-refractivity contribution is 6.42. The summed E-state index contributed by atoms with van der Waals surface area (Å²) < 4.78 is 6.74. The van der Waals surface area contributed by atoms with Gasteiger partial charge in [-0.05, 0) is 60.7 Å². The van der Waals surface area contributed by atoms with E-state index in [1.807, 2.05) is 12.1 Å². The van der Waals surface area contributed by atoms with Crippen LogP contribution in [0.5, 0.6) is 5.75 Å². The summed E-state index contributed by atoms with van der Waals surface area (Å²) in [6.07, 6.45) is 6.56. The molecule has 2 aromatic carbocycles. The number of benzene rings is 2. The van der Waals surface area contributed by atoms with Gasteiger partial charge in [-0.1, -0.05) is 61.8 Å². The highest BCUT2D eigenvalue weighted by Crippen LogP contribution is 2.51. The molecule has 2 aromatic rings. The van der Waals surface area contributed by atoms with Crippen molar-refractivity contribution in [3.8, 4) is 5.75 Å². The SMILES string of the molecule is C=CC[N@@+]1(CC(C)C)CC[C@]2(c3cccc(OC)c3)C[C@H](NC(=O)Cc3ccc(Cl)c(Cl)c3)CCC2C1. The molecule has 6 heteroatoms. The lowest BCUT2D eigenvalue weighted by Gasteiger charge is -2.56. The largest absolute Gasteiger partial charge is 0.497 e. The van der Waals surface area contributed by atoms with Crippen molar-refractivity contribution in [3.05, 3.63) is 76.3 Å². The van der Waals surface area contributed by atoms with E-state index in [4.69, 9.17) is 27.9 Å². The van der Waals surface area contributed by atoms with Crippen molar-refractivity contribution in [3.63, 3.8) is 0 Å². The summed E-state index contributed by atoms with van der Waals surface area (Å²) in [7, 11) is 1.73. The monoisotopic (exact) mass is 543 g/mol. The van der Waals surface area contributed by atoms with Crippen molar-refractivity contribution in [2.24, 2.45) is 11.8 Å². The van der Waals surface area contributed by atoms with Gasteiger partial charge >= 0.3 is 0 Å². The van der Waals surface area contributed by atoms with Crippen LogP contribution >= 0.6 is 23.2 Å². The van der Waals surface area contributed by atoms with Crippen molar-refractivity contribution in [1.29, 1.82) is 0 Å². The zero-order chi connectivity index (χ0) is 26.6. The number of hydrogen-bond acceptors (Lipinski definition) is 2. The summed E-state index contributed by atoms with van der Waals surface area (Å²) in [4.78, 5) is 13.1. The summed E-state index contributed by atoms with van der Waals surface area (Å²) in [6.45, 7) is 13.2. The Bertz CT molecular complexity index is 1120. The third-order valence-electron chi connectivity index (χ3n) is 8.52. The first-order valence-corrected chi connectivity index (χ1v) is 14.3. The maximum Gasteiger partial charge on any atom is 0.224 e. The van der Waals surface area contributed by atoms with E-state index in [0.717, 1.165) is 61.1 Å². The minimum absolute atomic E-state index is 0.0220. The first-order valence-electron chi connectivity index (χ1n) is 13.5. The van der Waals surface area contributed by atoms with E-state index >= 15 is 0 Å². The van der Waals surface area contributed by atoms with E-state index in [0.29, 0.717) is 28.3 Å². The van der Waals surface area contributed by atoms with Crippen LogP contribution in [0.1, 0.15) is 50.7 Å². The lowest BCUT2D eigenvalue weighted by Crippen LogP contribution is -2.64. The van der Waals surface area contributed by atoms with Gasteiger partial charge in [0.25, 0.3) is 0 Å². The summed E-state index contributed by atoms with van der Waals surface area (Å²) in [5.74, 6) is 2.13. The lowest BCUT2D eigenvalue weighted by atomic mass is 9.57. The Hall–Kier alpha value is -2.01. The number of carbonyl (C=O) groups excluding carboxylic acids is 1. The number of hydrogen-bond donors (Lipinski definition) is 1. The second-order valence-electron chi connectivity index (χ2n) is 11.6. The first kappa shape index (κ1) is 28.0. The fourth-order valence-corrected chi connectivity index (χ4v) is 7.40. The third-order valence-corrected chi connectivity index (χ3v) is 9.26. The average molecular weight is 545 g/mol. The Morgan fingerprint density at radius 2 is 2.03 bits per heavy atom. The van der Waals surface area contributed by atoms with E-state index in [-0.39, 0.29) is 17.4 Å². The number of fused-ring (bicyclic) bond motifs is 1. The molecule has 0 aromatic heterocycles.